The Balaban J connectivity index is 1.38. The molecule has 0 aromatic carbocycles. The molecule has 1 amide bonds. The minimum absolute atomic E-state index is 0.106. The number of carbonyl (C=O) groups excluding carboxylic acids is 1. The fraction of sp³-hybridized carbons (Fsp3) is 0.500. The second-order valence-corrected chi connectivity index (χ2v) is 6.97. The van der Waals surface area contributed by atoms with Crippen molar-refractivity contribution in [2.75, 3.05) is 26.2 Å². The number of aromatic nitrogens is 2. The molecule has 0 aliphatic carbocycles. The summed E-state index contributed by atoms with van der Waals surface area (Å²) in [5, 5.41) is 4.04. The van der Waals surface area contributed by atoms with E-state index in [1.165, 1.54) is 5.56 Å². The van der Waals surface area contributed by atoms with Gasteiger partial charge in [0.15, 0.2) is 0 Å². The maximum atomic E-state index is 12.6. The molecule has 2 aliphatic heterocycles. The fourth-order valence-electron chi connectivity index (χ4n) is 4.01. The van der Waals surface area contributed by atoms with Gasteiger partial charge in [0.25, 0.3) is 5.91 Å². The van der Waals surface area contributed by atoms with Gasteiger partial charge in [0.2, 0.25) is 0 Å². The van der Waals surface area contributed by atoms with Crippen LogP contribution in [-0.2, 0) is 6.54 Å². The summed E-state index contributed by atoms with van der Waals surface area (Å²) in [5.41, 5.74) is 2.88. The highest BCUT2D eigenvalue weighted by Gasteiger charge is 2.41. The quantitative estimate of drug-likeness (QED) is 0.862. The number of nitrogens with zero attached hydrogens (tertiary/aromatic N) is 4. The molecule has 2 saturated heterocycles. The molecule has 0 unspecified atom stereocenters. The summed E-state index contributed by atoms with van der Waals surface area (Å²) in [6.45, 7) is 8.62. The van der Waals surface area contributed by atoms with E-state index in [0.29, 0.717) is 17.4 Å². The van der Waals surface area contributed by atoms with Crippen LogP contribution in [0, 0.1) is 25.7 Å². The number of fused-ring (bicyclic) bond motifs is 1. The first-order valence-corrected chi connectivity index (χ1v) is 8.45. The fourth-order valence-corrected chi connectivity index (χ4v) is 4.01. The maximum absolute atomic E-state index is 12.6. The van der Waals surface area contributed by atoms with E-state index in [0.717, 1.165) is 44.2 Å². The lowest BCUT2D eigenvalue weighted by Gasteiger charge is -2.21. The average Bonchev–Trinajstić information content (AvgIpc) is 3.24. The lowest BCUT2D eigenvalue weighted by Crippen LogP contribution is -2.33. The zero-order valence-electron chi connectivity index (χ0n) is 14.1. The van der Waals surface area contributed by atoms with Crippen molar-refractivity contribution in [1.82, 2.24) is 19.9 Å². The summed E-state index contributed by atoms with van der Waals surface area (Å²) < 4.78 is 5.26. The van der Waals surface area contributed by atoms with Crippen molar-refractivity contribution < 1.29 is 9.32 Å². The van der Waals surface area contributed by atoms with Crippen LogP contribution in [0.1, 0.15) is 27.4 Å². The van der Waals surface area contributed by atoms with Gasteiger partial charge in [-0.15, -0.1) is 0 Å². The average molecular weight is 326 g/mol. The number of rotatable bonds is 3. The number of hydrogen-bond donors (Lipinski definition) is 0. The van der Waals surface area contributed by atoms with Crippen molar-refractivity contribution in [1.29, 1.82) is 0 Å². The van der Waals surface area contributed by atoms with E-state index in [2.05, 4.69) is 15.0 Å². The first-order valence-electron chi connectivity index (χ1n) is 8.45. The monoisotopic (exact) mass is 326 g/mol. The van der Waals surface area contributed by atoms with E-state index in [1.54, 1.807) is 12.4 Å². The van der Waals surface area contributed by atoms with Gasteiger partial charge < -0.3 is 9.42 Å². The Kier molecular flexibility index (Phi) is 3.84. The van der Waals surface area contributed by atoms with Crippen LogP contribution < -0.4 is 0 Å². The van der Waals surface area contributed by atoms with Crippen LogP contribution in [0.3, 0.4) is 0 Å². The maximum Gasteiger partial charge on any atom is 0.255 e. The number of carbonyl (C=O) groups is 1. The summed E-state index contributed by atoms with van der Waals surface area (Å²) in [6, 6.07) is 3.66. The van der Waals surface area contributed by atoms with Gasteiger partial charge >= 0.3 is 0 Å². The van der Waals surface area contributed by atoms with E-state index < -0.39 is 0 Å². The second-order valence-electron chi connectivity index (χ2n) is 6.97. The molecule has 6 nitrogen and oxygen atoms in total. The van der Waals surface area contributed by atoms with Gasteiger partial charge in [0, 0.05) is 50.7 Å². The third-order valence-electron chi connectivity index (χ3n) is 5.32. The summed E-state index contributed by atoms with van der Waals surface area (Å²) in [5.74, 6) is 2.14. The molecule has 2 atom stereocenters. The molecule has 0 saturated carbocycles. The van der Waals surface area contributed by atoms with E-state index in [1.807, 2.05) is 30.9 Å². The van der Waals surface area contributed by atoms with E-state index in [9.17, 15) is 4.79 Å². The normalized spacial score (nSPS) is 23.7. The Morgan fingerprint density at radius 1 is 1.25 bits per heavy atom. The van der Waals surface area contributed by atoms with Crippen LogP contribution in [0.4, 0.5) is 0 Å². The van der Waals surface area contributed by atoms with E-state index in [-0.39, 0.29) is 5.91 Å². The Hall–Kier alpha value is -2.21. The minimum atomic E-state index is 0.106. The van der Waals surface area contributed by atoms with E-state index in [4.69, 9.17) is 4.52 Å². The SMILES string of the molecule is Cc1noc(C)c1CN1C[C@@H]2CN(C(=O)c3cccnc3)C[C@@H]2C1. The lowest BCUT2D eigenvalue weighted by atomic mass is 10.0. The molecule has 4 rings (SSSR count). The van der Waals surface area contributed by atoms with Crippen LogP contribution in [0.2, 0.25) is 0 Å². The van der Waals surface area contributed by atoms with Crippen LogP contribution in [0.5, 0.6) is 0 Å². The summed E-state index contributed by atoms with van der Waals surface area (Å²) in [7, 11) is 0. The Morgan fingerprint density at radius 2 is 2.00 bits per heavy atom. The molecule has 2 aromatic rings. The van der Waals surface area contributed by atoms with Crippen molar-refractivity contribution in [3.8, 4) is 0 Å². The number of pyridine rings is 1. The van der Waals surface area contributed by atoms with Gasteiger partial charge in [-0.2, -0.15) is 0 Å². The third kappa shape index (κ3) is 2.71. The molecule has 2 aliphatic rings. The number of aryl methyl sites for hydroxylation is 2. The van der Waals surface area contributed by atoms with Gasteiger partial charge in [-0.25, -0.2) is 0 Å². The molecule has 0 radical (unpaired) electrons. The zero-order chi connectivity index (χ0) is 16.7. The second kappa shape index (κ2) is 6.02. The summed E-state index contributed by atoms with van der Waals surface area (Å²) >= 11 is 0. The Labute approximate surface area is 141 Å². The molecule has 4 heterocycles. The number of amides is 1. The molecular formula is C18H22N4O2. The molecule has 2 fully saturated rings. The smallest absolute Gasteiger partial charge is 0.255 e. The molecule has 2 aromatic heterocycles. The van der Waals surface area contributed by atoms with E-state index >= 15 is 0 Å². The molecule has 126 valence electrons. The Bertz CT molecular complexity index is 709. The minimum Gasteiger partial charge on any atom is -0.361 e. The predicted molar refractivity (Wildman–Crippen MR) is 88.4 cm³/mol. The summed E-state index contributed by atoms with van der Waals surface area (Å²) in [6.07, 6.45) is 3.35. The van der Waals surface area contributed by atoms with Crippen molar-refractivity contribution in [3.63, 3.8) is 0 Å². The van der Waals surface area contributed by atoms with Crippen molar-refractivity contribution in [2.45, 2.75) is 20.4 Å². The molecular weight excluding hydrogens is 304 g/mol. The first kappa shape index (κ1) is 15.3. The molecule has 0 spiro atoms. The van der Waals surface area contributed by atoms with Gasteiger partial charge in [0.05, 0.1) is 11.3 Å². The third-order valence-corrected chi connectivity index (χ3v) is 5.32. The van der Waals surface area contributed by atoms with Gasteiger partial charge in [-0.3, -0.25) is 14.7 Å². The van der Waals surface area contributed by atoms with Crippen LogP contribution in [0.25, 0.3) is 0 Å². The van der Waals surface area contributed by atoms with Crippen LogP contribution in [-0.4, -0.2) is 52.0 Å². The first-order chi connectivity index (χ1) is 11.6. The number of hydrogen-bond acceptors (Lipinski definition) is 5. The van der Waals surface area contributed by atoms with Crippen molar-refractivity contribution in [3.05, 3.63) is 47.1 Å². The van der Waals surface area contributed by atoms with Gasteiger partial charge in [0.1, 0.15) is 5.76 Å². The van der Waals surface area contributed by atoms with Crippen LogP contribution >= 0.6 is 0 Å². The zero-order valence-corrected chi connectivity index (χ0v) is 14.1. The van der Waals surface area contributed by atoms with Gasteiger partial charge in [-0.1, -0.05) is 5.16 Å². The predicted octanol–water partition coefficient (Wildman–Crippen LogP) is 1.89. The standard InChI is InChI=1S/C18H22N4O2/c1-12-17(13(2)24-20-12)11-21-7-15-9-22(10-16(15)8-21)18(23)14-4-3-5-19-6-14/h3-6,15-16H,7-11H2,1-2H3/t15-,16+. The lowest BCUT2D eigenvalue weighted by molar-refractivity contribution is 0.0773. The van der Waals surface area contributed by atoms with Gasteiger partial charge in [-0.05, 0) is 37.8 Å². The van der Waals surface area contributed by atoms with Crippen molar-refractivity contribution >= 4 is 5.91 Å². The van der Waals surface area contributed by atoms with Crippen LogP contribution in [0.15, 0.2) is 29.0 Å². The molecule has 0 bridgehead atoms. The number of likely N-dealkylation sites (tertiary alicyclic amines) is 2. The molecule has 0 N–H and O–H groups in total. The highest BCUT2D eigenvalue weighted by Crippen LogP contribution is 2.33. The highest BCUT2D eigenvalue weighted by atomic mass is 16.5. The molecule has 24 heavy (non-hydrogen) atoms. The summed E-state index contributed by atoms with van der Waals surface area (Å²) in [4.78, 5) is 21.1. The van der Waals surface area contributed by atoms with Crippen molar-refractivity contribution in [2.24, 2.45) is 11.8 Å². The largest absolute Gasteiger partial charge is 0.361 e. The Morgan fingerprint density at radius 3 is 2.58 bits per heavy atom. The molecule has 6 heteroatoms. The highest BCUT2D eigenvalue weighted by molar-refractivity contribution is 5.94. The topological polar surface area (TPSA) is 62.5 Å².